The molecule has 2 aromatic rings. The van der Waals surface area contributed by atoms with E-state index >= 15 is 0 Å². The number of methoxy groups -OCH3 is 1. The third-order valence-electron chi connectivity index (χ3n) is 6.00. The van der Waals surface area contributed by atoms with E-state index in [1.807, 2.05) is 43.3 Å². The van der Waals surface area contributed by atoms with Crippen LogP contribution in [0.25, 0.3) is 0 Å². The minimum atomic E-state index is -0.660. The number of aromatic nitrogens is 1. The molecule has 8 heteroatoms. The Morgan fingerprint density at radius 3 is 2.65 bits per heavy atom. The highest BCUT2D eigenvalue weighted by atomic mass is 16.5. The first kappa shape index (κ1) is 21.1. The van der Waals surface area contributed by atoms with E-state index in [1.165, 1.54) is 12.0 Å². The lowest BCUT2D eigenvalue weighted by atomic mass is 9.83. The lowest BCUT2D eigenvalue weighted by molar-refractivity contribution is -0.908. The maximum Gasteiger partial charge on any atom is 0.340 e. The summed E-state index contributed by atoms with van der Waals surface area (Å²) >= 11 is 0. The molecule has 0 aliphatic carbocycles. The molecule has 1 aromatic carbocycles. The van der Waals surface area contributed by atoms with Crippen LogP contribution in [0.5, 0.6) is 5.75 Å². The molecule has 4 rings (SSSR count). The van der Waals surface area contributed by atoms with Gasteiger partial charge in [-0.1, -0.05) is 30.3 Å². The zero-order valence-electron chi connectivity index (χ0n) is 17.8. The Balaban J connectivity index is 1.79. The number of fused-ring (bicyclic) bond motifs is 1. The highest BCUT2D eigenvalue weighted by Crippen LogP contribution is 2.41. The van der Waals surface area contributed by atoms with Crippen molar-refractivity contribution in [2.75, 3.05) is 40.0 Å². The summed E-state index contributed by atoms with van der Waals surface area (Å²) in [5.74, 6) is -0.923. The Labute approximate surface area is 180 Å². The molecule has 0 bridgehead atoms. The highest BCUT2D eigenvalue weighted by Gasteiger charge is 2.38. The van der Waals surface area contributed by atoms with Crippen molar-refractivity contribution in [1.29, 1.82) is 0 Å². The Hall–Kier alpha value is -3.10. The van der Waals surface area contributed by atoms with Crippen LogP contribution >= 0.6 is 0 Å². The Bertz CT molecular complexity index is 1050. The number of nitrogens with one attached hydrogen (secondary N) is 1. The number of nitrogens with two attached hydrogens (primary N) is 1. The number of morpholine rings is 1. The van der Waals surface area contributed by atoms with E-state index in [-0.39, 0.29) is 17.0 Å². The van der Waals surface area contributed by atoms with Crippen molar-refractivity contribution in [3.63, 3.8) is 0 Å². The van der Waals surface area contributed by atoms with Gasteiger partial charge in [0.2, 0.25) is 5.88 Å². The van der Waals surface area contributed by atoms with Crippen molar-refractivity contribution in [2.24, 2.45) is 5.73 Å². The van der Waals surface area contributed by atoms with Crippen LogP contribution in [0.4, 0.5) is 0 Å². The molecule has 0 radical (unpaired) electrons. The van der Waals surface area contributed by atoms with Gasteiger partial charge in [-0.25, -0.2) is 4.79 Å². The SMILES string of the molecule is COC(=O)C1=C(N)Oc2cc(C)n(CC[NH+]3CCOCC3)c(=O)c2[C@@H]1c1ccccc1. The van der Waals surface area contributed by atoms with Crippen molar-refractivity contribution >= 4 is 5.97 Å². The van der Waals surface area contributed by atoms with Gasteiger partial charge >= 0.3 is 5.97 Å². The van der Waals surface area contributed by atoms with Gasteiger partial charge in [-0.05, 0) is 12.5 Å². The quantitative estimate of drug-likeness (QED) is 0.651. The number of aryl methyl sites for hydroxylation is 1. The molecule has 31 heavy (non-hydrogen) atoms. The second kappa shape index (κ2) is 8.95. The van der Waals surface area contributed by atoms with Gasteiger partial charge in [-0.2, -0.15) is 0 Å². The fourth-order valence-corrected chi connectivity index (χ4v) is 4.33. The third kappa shape index (κ3) is 4.08. The number of benzene rings is 1. The summed E-state index contributed by atoms with van der Waals surface area (Å²) in [4.78, 5) is 27.7. The highest BCUT2D eigenvalue weighted by molar-refractivity contribution is 5.92. The molecule has 0 spiro atoms. The standard InChI is InChI=1S/C23H27N3O5/c1-15-14-17-19(22(27)26(15)9-8-25-10-12-30-13-11-25)18(16-6-4-3-5-7-16)20(21(24)31-17)23(28)29-2/h3-7,14,18H,8-13,24H2,1-2H3/p+1/t18-/m0/s1. The number of pyridine rings is 1. The van der Waals surface area contributed by atoms with Gasteiger partial charge in [-0.3, -0.25) is 4.79 Å². The number of hydrogen-bond acceptors (Lipinski definition) is 6. The Kier molecular flexibility index (Phi) is 6.11. The molecule has 3 heterocycles. The van der Waals surface area contributed by atoms with Crippen LogP contribution in [0.3, 0.4) is 0 Å². The Morgan fingerprint density at radius 1 is 1.26 bits per heavy atom. The third-order valence-corrected chi connectivity index (χ3v) is 6.00. The molecule has 1 saturated heterocycles. The number of esters is 1. The number of rotatable bonds is 5. The first-order chi connectivity index (χ1) is 15.0. The monoisotopic (exact) mass is 426 g/mol. The van der Waals surface area contributed by atoms with Crippen LogP contribution in [0.2, 0.25) is 0 Å². The maximum absolute atomic E-state index is 13.7. The summed E-state index contributed by atoms with van der Waals surface area (Å²) in [5.41, 5.74) is 8.07. The molecule has 0 amide bonds. The first-order valence-corrected chi connectivity index (χ1v) is 10.5. The predicted molar refractivity (Wildman–Crippen MR) is 114 cm³/mol. The first-order valence-electron chi connectivity index (χ1n) is 10.5. The average molecular weight is 426 g/mol. The summed E-state index contributed by atoms with van der Waals surface area (Å²) in [6, 6.07) is 11.2. The second-order valence-corrected chi connectivity index (χ2v) is 7.85. The number of ether oxygens (including phenoxy) is 3. The molecular weight excluding hydrogens is 398 g/mol. The van der Waals surface area contributed by atoms with Gasteiger partial charge < -0.3 is 29.4 Å². The summed E-state index contributed by atoms with van der Waals surface area (Å²) in [6.07, 6.45) is 0. The predicted octanol–water partition coefficient (Wildman–Crippen LogP) is -0.0606. The van der Waals surface area contributed by atoms with Crippen LogP contribution in [0, 0.1) is 6.92 Å². The summed E-state index contributed by atoms with van der Waals surface area (Å²) < 4.78 is 17.9. The normalized spacial score (nSPS) is 19.0. The lowest BCUT2D eigenvalue weighted by Gasteiger charge is -2.29. The zero-order valence-corrected chi connectivity index (χ0v) is 17.8. The number of nitrogens with zero attached hydrogens (tertiary/aromatic N) is 1. The zero-order chi connectivity index (χ0) is 22.0. The van der Waals surface area contributed by atoms with E-state index in [0.717, 1.165) is 44.1 Å². The number of quaternary nitrogens is 1. The minimum absolute atomic E-state index is 0.0393. The van der Waals surface area contributed by atoms with E-state index in [1.54, 1.807) is 4.57 Å². The van der Waals surface area contributed by atoms with Crippen molar-refractivity contribution in [3.05, 3.63) is 75.0 Å². The molecule has 3 N–H and O–H groups in total. The van der Waals surface area contributed by atoms with Gasteiger partial charge in [-0.15, -0.1) is 0 Å². The van der Waals surface area contributed by atoms with Crippen LogP contribution in [-0.4, -0.2) is 50.5 Å². The van der Waals surface area contributed by atoms with E-state index in [0.29, 0.717) is 17.9 Å². The summed E-state index contributed by atoms with van der Waals surface area (Å²) in [5, 5.41) is 0. The number of hydrogen-bond donors (Lipinski definition) is 2. The fourth-order valence-electron chi connectivity index (χ4n) is 4.33. The molecule has 1 fully saturated rings. The van der Waals surface area contributed by atoms with Crippen molar-refractivity contribution < 1.29 is 23.9 Å². The molecule has 0 saturated carbocycles. The fraction of sp³-hybridized carbons (Fsp3) is 0.391. The van der Waals surface area contributed by atoms with Crippen LogP contribution in [-0.2, 0) is 20.8 Å². The maximum atomic E-state index is 13.7. The molecule has 8 nitrogen and oxygen atoms in total. The van der Waals surface area contributed by atoms with Crippen LogP contribution in [0.1, 0.15) is 22.7 Å². The second-order valence-electron chi connectivity index (χ2n) is 7.85. The van der Waals surface area contributed by atoms with Gasteiger partial charge in [0.25, 0.3) is 5.56 Å². The molecule has 1 aromatic heterocycles. The van der Waals surface area contributed by atoms with Gasteiger partial charge in [0.15, 0.2) is 0 Å². The van der Waals surface area contributed by atoms with E-state index in [2.05, 4.69) is 0 Å². The number of carbonyl (C=O) groups is 1. The van der Waals surface area contributed by atoms with Gasteiger partial charge in [0.1, 0.15) is 24.4 Å². The van der Waals surface area contributed by atoms with Crippen molar-refractivity contribution in [3.8, 4) is 5.75 Å². The van der Waals surface area contributed by atoms with E-state index in [9.17, 15) is 9.59 Å². The summed E-state index contributed by atoms with van der Waals surface area (Å²) in [6.45, 7) is 6.62. The number of carbonyl (C=O) groups excluding carboxylic acids is 1. The van der Waals surface area contributed by atoms with Gasteiger partial charge in [0, 0.05) is 11.8 Å². The van der Waals surface area contributed by atoms with Crippen molar-refractivity contribution in [1.82, 2.24) is 4.57 Å². The Morgan fingerprint density at radius 2 is 1.97 bits per heavy atom. The minimum Gasteiger partial charge on any atom is -0.465 e. The molecule has 164 valence electrons. The van der Waals surface area contributed by atoms with Crippen LogP contribution in [0.15, 0.2) is 52.6 Å². The van der Waals surface area contributed by atoms with Crippen LogP contribution < -0.4 is 20.9 Å². The topological polar surface area (TPSA) is 97.2 Å². The average Bonchev–Trinajstić information content (AvgIpc) is 2.78. The molecule has 0 unspecified atom stereocenters. The van der Waals surface area contributed by atoms with E-state index < -0.39 is 11.9 Å². The molecule has 2 aliphatic rings. The van der Waals surface area contributed by atoms with Crippen molar-refractivity contribution in [2.45, 2.75) is 19.4 Å². The summed E-state index contributed by atoms with van der Waals surface area (Å²) in [7, 11) is 1.29. The molecule has 2 aliphatic heterocycles. The van der Waals surface area contributed by atoms with Gasteiger partial charge in [0.05, 0.1) is 44.9 Å². The largest absolute Gasteiger partial charge is 0.465 e. The lowest BCUT2D eigenvalue weighted by Crippen LogP contribution is -3.14. The van der Waals surface area contributed by atoms with E-state index in [4.69, 9.17) is 19.9 Å². The molecule has 1 atom stereocenters. The smallest absolute Gasteiger partial charge is 0.340 e. The molecular formula is C23H28N3O5+.